The molecule has 82 valence electrons. The van der Waals surface area contributed by atoms with E-state index in [2.05, 4.69) is 0 Å². The minimum absolute atomic E-state index is 0.0670. The third-order valence-electron chi connectivity index (χ3n) is 1.19. The zero-order valence-corrected chi connectivity index (χ0v) is 9.09. The average Bonchev–Trinajstić information content (AvgIpc) is 2.17. The smallest absolute Gasteiger partial charge is 0.220 e. The predicted octanol–water partition coefficient (Wildman–Crippen LogP) is 0.640. The van der Waals surface area contributed by atoms with Crippen LogP contribution in [0.4, 0.5) is 0 Å². The van der Waals surface area contributed by atoms with Crippen LogP contribution in [0, 0.1) is 0 Å². The van der Waals surface area contributed by atoms with Gasteiger partial charge in [0.05, 0.1) is 0 Å². The first kappa shape index (κ1) is 6.27. The molecule has 0 rings (SSSR count). The quantitative estimate of drug-likeness (QED) is 0.508. The van der Waals surface area contributed by atoms with E-state index in [1.807, 2.05) is 10.6 Å². The molecule has 2 amide bonds. The molecule has 0 radical (unpaired) electrons. The Bertz CT molecular complexity index is 302. The molecule has 0 atom stereocenters. The molecule has 0 aromatic rings. The lowest BCUT2D eigenvalue weighted by atomic mass is 10.5. The molecule has 2 N–H and O–H groups in total. The first-order chi connectivity index (χ1) is 8.99. The summed E-state index contributed by atoms with van der Waals surface area (Å²) in [7, 11) is 2.64. The summed E-state index contributed by atoms with van der Waals surface area (Å²) in [5.74, 6) is -0.294. The molecule has 0 unspecified atom stereocenters. The van der Waals surface area contributed by atoms with Crippen LogP contribution in [0.15, 0.2) is 0 Å². The van der Waals surface area contributed by atoms with E-state index in [0.717, 1.165) is 0 Å². The molecule has 0 saturated heterocycles. The summed E-state index contributed by atoms with van der Waals surface area (Å²) in [6, 6.07) is 0. The summed E-state index contributed by atoms with van der Waals surface area (Å²) in [4.78, 5) is 22.3. The number of amides is 2. The zero-order valence-electron chi connectivity index (χ0n) is 13.5. The lowest BCUT2D eigenvalue weighted by Crippen LogP contribution is -2.18. The minimum Gasteiger partial charge on any atom is -0.359 e. The monoisotopic (exact) mass is 242 g/mol. The Morgan fingerprint density at radius 3 is 1.86 bits per heavy atom. The van der Waals surface area contributed by atoms with Crippen molar-refractivity contribution in [2.24, 2.45) is 0 Å². The fourth-order valence-electron chi connectivity index (χ4n) is 0.512. The van der Waals surface area contributed by atoms with Gasteiger partial charge in [-0.15, -0.1) is 0 Å². The van der Waals surface area contributed by atoms with Crippen molar-refractivity contribution in [3.63, 3.8) is 0 Å². The Kier molecular flexibility index (Phi) is 4.12. The normalized spacial score (nSPS) is 17.7. The van der Waals surface area contributed by atoms with Crippen LogP contribution in [0.1, 0.15) is 21.1 Å². The van der Waals surface area contributed by atoms with Crippen LogP contribution in [0.3, 0.4) is 0 Å². The maximum absolute atomic E-state index is 11.1. The number of hydrogen-bond acceptors (Lipinski definition) is 4. The Labute approximate surface area is 101 Å². The molecule has 14 heavy (non-hydrogen) atoms. The molecule has 0 aliphatic rings. The third kappa shape index (κ3) is 8.25. The topological polar surface area (TPSA) is 58.2 Å². The summed E-state index contributed by atoms with van der Waals surface area (Å²) >= 11 is 0. The molecule has 0 heterocycles. The van der Waals surface area contributed by atoms with E-state index in [0.29, 0.717) is 11.5 Å². The molecule has 6 heteroatoms. The first-order valence-corrected chi connectivity index (χ1v) is 6.35. The molecule has 0 spiro atoms. The highest BCUT2D eigenvalue weighted by Gasteiger charge is 2.00. The van der Waals surface area contributed by atoms with Gasteiger partial charge < -0.3 is 10.6 Å². The Hall–Kier alpha value is -0.360. The Balaban J connectivity index is 3.54. The van der Waals surface area contributed by atoms with Gasteiger partial charge in [-0.3, -0.25) is 9.59 Å². The first-order valence-electron chi connectivity index (χ1n) is 6.86. The molecule has 0 aromatic heterocycles. The number of rotatable bonds is 7. The molecule has 4 nitrogen and oxygen atoms in total. The van der Waals surface area contributed by atoms with Crippen LogP contribution in [0.5, 0.6) is 0 Å². The van der Waals surface area contributed by atoms with Crippen LogP contribution >= 0.6 is 21.6 Å². The van der Waals surface area contributed by atoms with Gasteiger partial charge in [0.2, 0.25) is 11.8 Å². The van der Waals surface area contributed by atoms with Gasteiger partial charge in [0.15, 0.2) is 0 Å². The van der Waals surface area contributed by atoms with Crippen molar-refractivity contribution in [3.05, 3.63) is 0 Å². The number of carbonyl (C=O) groups is 2. The van der Waals surface area contributed by atoms with Gasteiger partial charge in [-0.05, 0) is 0 Å². The van der Waals surface area contributed by atoms with E-state index in [4.69, 9.17) is 8.22 Å². The van der Waals surface area contributed by atoms with Gasteiger partial charge in [-0.2, -0.15) is 0 Å². The van der Waals surface area contributed by atoms with Crippen molar-refractivity contribution in [1.82, 2.24) is 10.6 Å². The van der Waals surface area contributed by atoms with Gasteiger partial charge in [0.1, 0.15) is 0 Å². The molecular formula is C8H16N2O2S2. The summed E-state index contributed by atoms with van der Waals surface area (Å²) in [6.07, 6.45) is 0.134. The lowest BCUT2D eigenvalue weighted by molar-refractivity contribution is -0.121. The van der Waals surface area contributed by atoms with E-state index >= 15 is 0 Å². The number of carbonyl (C=O) groups excluding carboxylic acids is 2. The van der Waals surface area contributed by atoms with E-state index in [-0.39, 0.29) is 12.8 Å². The minimum atomic E-state index is -2.47. The SMILES string of the molecule is [2H]C([2H])([2H])NC(=O)CCSSCCC(=O)NC([2H])([2H])[2H]. The van der Waals surface area contributed by atoms with Crippen LogP contribution < -0.4 is 10.6 Å². The third-order valence-corrected chi connectivity index (χ3v) is 3.60. The fourth-order valence-corrected chi connectivity index (χ4v) is 2.49. The molecular weight excluding hydrogens is 220 g/mol. The molecule has 0 saturated carbocycles. The predicted molar refractivity (Wildman–Crippen MR) is 62.3 cm³/mol. The highest BCUT2D eigenvalue weighted by molar-refractivity contribution is 8.76. The molecule has 0 bridgehead atoms. The molecule has 0 aromatic carbocycles. The second-order valence-corrected chi connectivity index (χ2v) is 4.94. The summed E-state index contributed by atoms with van der Waals surface area (Å²) in [6.45, 7) is -4.94. The highest BCUT2D eigenvalue weighted by atomic mass is 33.1. The largest absolute Gasteiger partial charge is 0.359 e. The number of nitrogens with one attached hydrogen (secondary N) is 2. The Morgan fingerprint density at radius 1 is 1.07 bits per heavy atom. The van der Waals surface area contributed by atoms with E-state index in [1.54, 1.807) is 0 Å². The van der Waals surface area contributed by atoms with Crippen LogP contribution in [0.25, 0.3) is 0 Å². The van der Waals surface area contributed by atoms with Gasteiger partial charge in [-0.25, -0.2) is 0 Å². The second kappa shape index (κ2) is 9.21. The van der Waals surface area contributed by atoms with E-state index < -0.39 is 25.8 Å². The van der Waals surface area contributed by atoms with Crippen molar-refractivity contribution < 1.29 is 17.8 Å². The number of hydrogen-bond donors (Lipinski definition) is 2. The standard InChI is InChI=1S/C8H16N2O2S2/c1-9-7(11)3-5-13-14-6-4-8(12)10-2/h3-6H2,1-2H3,(H,9,11)(H,10,12)/i1D3,2D3. The van der Waals surface area contributed by atoms with Crippen LogP contribution in [-0.2, 0) is 9.59 Å². The lowest BCUT2D eigenvalue weighted by Gasteiger charge is -2.00. The Morgan fingerprint density at radius 2 is 1.50 bits per heavy atom. The van der Waals surface area contributed by atoms with Crippen LogP contribution in [-0.4, -0.2) is 37.3 Å². The van der Waals surface area contributed by atoms with Crippen molar-refractivity contribution in [1.29, 1.82) is 0 Å². The molecule has 0 fully saturated rings. The maximum atomic E-state index is 11.1. The fraction of sp³-hybridized carbons (Fsp3) is 0.750. The van der Waals surface area contributed by atoms with Crippen molar-refractivity contribution >= 4 is 33.4 Å². The van der Waals surface area contributed by atoms with E-state index in [1.165, 1.54) is 21.6 Å². The molecule has 0 aliphatic heterocycles. The highest BCUT2D eigenvalue weighted by Crippen LogP contribution is 2.22. The van der Waals surface area contributed by atoms with Crippen molar-refractivity contribution in [3.8, 4) is 0 Å². The summed E-state index contributed by atoms with van der Waals surface area (Å²) in [5.41, 5.74) is 0. The van der Waals surface area contributed by atoms with Gasteiger partial charge in [0.25, 0.3) is 0 Å². The zero-order chi connectivity index (χ0) is 15.8. The summed E-state index contributed by atoms with van der Waals surface area (Å²) in [5, 5.41) is 3.73. The van der Waals surface area contributed by atoms with Gasteiger partial charge >= 0.3 is 0 Å². The molecule has 0 aliphatic carbocycles. The average molecular weight is 242 g/mol. The van der Waals surface area contributed by atoms with E-state index in [9.17, 15) is 9.59 Å². The summed E-state index contributed by atoms with van der Waals surface area (Å²) < 4.78 is 41.0. The van der Waals surface area contributed by atoms with Gasteiger partial charge in [-0.1, -0.05) is 21.6 Å². The second-order valence-electron chi connectivity index (χ2n) is 2.24. The van der Waals surface area contributed by atoms with Crippen molar-refractivity contribution in [2.45, 2.75) is 12.8 Å². The van der Waals surface area contributed by atoms with Crippen LogP contribution in [0.2, 0.25) is 0 Å². The maximum Gasteiger partial charge on any atom is 0.220 e. The van der Waals surface area contributed by atoms with Crippen molar-refractivity contribution in [2.75, 3.05) is 25.5 Å². The van der Waals surface area contributed by atoms with Gasteiger partial charge in [0, 0.05) is 46.5 Å².